The van der Waals surface area contributed by atoms with E-state index in [1.54, 1.807) is 0 Å². The molecule has 104 valence electrons. The molecule has 0 N–H and O–H groups in total. The first kappa shape index (κ1) is 15.5. The maximum absolute atomic E-state index is 10.8. The monoisotopic (exact) mass is 315 g/mol. The van der Waals surface area contributed by atoms with Crippen molar-refractivity contribution < 1.29 is 25.2 Å². The first-order chi connectivity index (χ1) is 8.17. The molecule has 0 aliphatic heterocycles. The van der Waals surface area contributed by atoms with Gasteiger partial charge in [0.25, 0.3) is 20.2 Å². The zero-order valence-electron chi connectivity index (χ0n) is 9.82. The SMILES string of the molecule is CS(=O)(=O)OCCc1ncsc1COS(C)(=O)=O. The molecule has 0 saturated carbocycles. The average molecular weight is 315 g/mol. The lowest BCUT2D eigenvalue weighted by atomic mass is 10.3. The van der Waals surface area contributed by atoms with Crippen molar-refractivity contribution in [2.75, 3.05) is 19.1 Å². The Balaban J connectivity index is 2.55. The van der Waals surface area contributed by atoms with Gasteiger partial charge in [-0.3, -0.25) is 8.37 Å². The third-order valence-electron chi connectivity index (χ3n) is 1.77. The minimum Gasteiger partial charge on any atom is -0.270 e. The molecule has 0 saturated heterocycles. The van der Waals surface area contributed by atoms with Gasteiger partial charge in [0.2, 0.25) is 0 Å². The molecule has 0 amide bonds. The highest BCUT2D eigenvalue weighted by molar-refractivity contribution is 7.86. The van der Waals surface area contributed by atoms with Crippen LogP contribution in [-0.4, -0.2) is 40.9 Å². The van der Waals surface area contributed by atoms with Gasteiger partial charge in [-0.05, 0) is 0 Å². The summed E-state index contributed by atoms with van der Waals surface area (Å²) in [5, 5.41) is 0. The van der Waals surface area contributed by atoms with E-state index in [1.807, 2.05) is 0 Å². The molecule has 0 radical (unpaired) electrons. The molecule has 10 heteroatoms. The Morgan fingerprint density at radius 1 is 1.17 bits per heavy atom. The van der Waals surface area contributed by atoms with Crippen LogP contribution in [0.5, 0.6) is 0 Å². The summed E-state index contributed by atoms with van der Waals surface area (Å²) >= 11 is 1.24. The molecule has 0 unspecified atom stereocenters. The molecule has 0 aliphatic rings. The summed E-state index contributed by atoms with van der Waals surface area (Å²) in [6.07, 6.45) is 2.20. The fourth-order valence-corrected chi connectivity index (χ4v) is 2.58. The van der Waals surface area contributed by atoms with Crippen LogP contribution in [0.1, 0.15) is 10.6 Å². The Hall–Kier alpha value is -0.550. The Morgan fingerprint density at radius 3 is 2.33 bits per heavy atom. The van der Waals surface area contributed by atoms with Crippen molar-refractivity contribution in [1.82, 2.24) is 4.98 Å². The van der Waals surface area contributed by atoms with E-state index in [4.69, 9.17) is 0 Å². The predicted molar refractivity (Wildman–Crippen MR) is 66.2 cm³/mol. The lowest BCUT2D eigenvalue weighted by Gasteiger charge is -2.03. The largest absolute Gasteiger partial charge is 0.270 e. The summed E-state index contributed by atoms with van der Waals surface area (Å²) < 4.78 is 52.4. The molecule has 0 aromatic carbocycles. The van der Waals surface area contributed by atoms with E-state index in [2.05, 4.69) is 13.4 Å². The van der Waals surface area contributed by atoms with Crippen LogP contribution in [0.25, 0.3) is 0 Å². The van der Waals surface area contributed by atoms with Crippen molar-refractivity contribution in [3.05, 3.63) is 16.1 Å². The van der Waals surface area contributed by atoms with E-state index in [0.717, 1.165) is 12.5 Å². The number of hydrogen-bond donors (Lipinski definition) is 0. The van der Waals surface area contributed by atoms with Gasteiger partial charge in [0.15, 0.2) is 0 Å². The van der Waals surface area contributed by atoms with Crippen molar-refractivity contribution in [2.24, 2.45) is 0 Å². The van der Waals surface area contributed by atoms with Gasteiger partial charge in [0, 0.05) is 6.42 Å². The molecule has 0 spiro atoms. The quantitative estimate of drug-likeness (QED) is 0.660. The molecule has 1 heterocycles. The second kappa shape index (κ2) is 6.06. The minimum absolute atomic E-state index is 0.0333. The fraction of sp³-hybridized carbons (Fsp3) is 0.625. The molecule has 18 heavy (non-hydrogen) atoms. The Morgan fingerprint density at radius 2 is 1.78 bits per heavy atom. The van der Waals surface area contributed by atoms with Crippen molar-refractivity contribution in [2.45, 2.75) is 13.0 Å². The van der Waals surface area contributed by atoms with E-state index < -0.39 is 20.2 Å². The number of rotatable bonds is 7. The highest BCUT2D eigenvalue weighted by atomic mass is 32.2. The summed E-state index contributed by atoms with van der Waals surface area (Å²) in [6.45, 7) is -0.133. The van der Waals surface area contributed by atoms with Crippen LogP contribution in [0.2, 0.25) is 0 Å². The van der Waals surface area contributed by atoms with Gasteiger partial charge in [0.05, 0.1) is 35.2 Å². The molecule has 1 aromatic heterocycles. The lowest BCUT2D eigenvalue weighted by Crippen LogP contribution is -2.08. The van der Waals surface area contributed by atoms with Crippen LogP contribution in [0.4, 0.5) is 0 Å². The highest BCUT2D eigenvalue weighted by Gasteiger charge is 2.11. The fourth-order valence-electron chi connectivity index (χ4n) is 1.07. The van der Waals surface area contributed by atoms with E-state index in [-0.39, 0.29) is 19.6 Å². The van der Waals surface area contributed by atoms with Crippen LogP contribution >= 0.6 is 11.3 Å². The number of thiazole rings is 1. The Labute approximate surface area is 110 Å². The maximum atomic E-state index is 10.8. The molecule has 1 rings (SSSR count). The van der Waals surface area contributed by atoms with Crippen molar-refractivity contribution >= 4 is 31.6 Å². The van der Waals surface area contributed by atoms with Gasteiger partial charge >= 0.3 is 0 Å². The molecular weight excluding hydrogens is 302 g/mol. The second-order valence-electron chi connectivity index (χ2n) is 3.46. The molecule has 0 aliphatic carbocycles. The molecule has 7 nitrogen and oxygen atoms in total. The zero-order valence-corrected chi connectivity index (χ0v) is 12.3. The first-order valence-corrected chi connectivity index (χ1v) is 9.29. The Kier molecular flexibility index (Phi) is 5.22. The van der Waals surface area contributed by atoms with Gasteiger partial charge in [-0.1, -0.05) is 0 Å². The molecule has 0 fully saturated rings. The van der Waals surface area contributed by atoms with Crippen molar-refractivity contribution in [3.8, 4) is 0 Å². The van der Waals surface area contributed by atoms with E-state index in [0.29, 0.717) is 10.6 Å². The number of aromatic nitrogens is 1. The van der Waals surface area contributed by atoms with Gasteiger partial charge < -0.3 is 0 Å². The molecular formula is C8H13NO6S3. The van der Waals surface area contributed by atoms with E-state index in [1.165, 1.54) is 16.8 Å². The summed E-state index contributed by atoms with van der Waals surface area (Å²) in [5.41, 5.74) is 2.11. The first-order valence-electron chi connectivity index (χ1n) is 4.77. The van der Waals surface area contributed by atoms with Crippen molar-refractivity contribution in [3.63, 3.8) is 0 Å². The maximum Gasteiger partial charge on any atom is 0.264 e. The summed E-state index contributed by atoms with van der Waals surface area (Å²) in [7, 11) is -6.99. The van der Waals surface area contributed by atoms with Crippen LogP contribution in [0, 0.1) is 0 Å². The minimum atomic E-state index is -3.51. The summed E-state index contributed by atoms with van der Waals surface area (Å²) in [6, 6.07) is 0. The zero-order chi connectivity index (χ0) is 13.8. The second-order valence-corrected chi connectivity index (χ2v) is 7.69. The van der Waals surface area contributed by atoms with E-state index in [9.17, 15) is 16.8 Å². The predicted octanol–water partition coefficient (Wildman–Crippen LogP) is 0.138. The Bertz CT molecular complexity index is 588. The molecule has 1 aromatic rings. The highest BCUT2D eigenvalue weighted by Crippen LogP contribution is 2.16. The topological polar surface area (TPSA) is 99.6 Å². The lowest BCUT2D eigenvalue weighted by molar-refractivity contribution is 0.309. The van der Waals surface area contributed by atoms with Crippen molar-refractivity contribution in [1.29, 1.82) is 0 Å². The van der Waals surface area contributed by atoms with Gasteiger partial charge in [-0.25, -0.2) is 4.98 Å². The van der Waals surface area contributed by atoms with Crippen LogP contribution in [-0.2, 0) is 41.6 Å². The molecule has 0 bridgehead atoms. The van der Waals surface area contributed by atoms with Crippen LogP contribution < -0.4 is 0 Å². The third kappa shape index (κ3) is 6.40. The van der Waals surface area contributed by atoms with Crippen LogP contribution in [0.3, 0.4) is 0 Å². The molecule has 0 atom stereocenters. The van der Waals surface area contributed by atoms with Crippen LogP contribution in [0.15, 0.2) is 5.51 Å². The standard InChI is InChI=1S/C8H13NO6S3/c1-17(10,11)14-4-3-7-8(16-6-9-7)5-15-18(2,12)13/h6H,3-5H2,1-2H3. The van der Waals surface area contributed by atoms with E-state index >= 15 is 0 Å². The van der Waals surface area contributed by atoms with Gasteiger partial charge in [-0.15, -0.1) is 11.3 Å². The summed E-state index contributed by atoms with van der Waals surface area (Å²) in [5.74, 6) is 0. The van der Waals surface area contributed by atoms with Gasteiger partial charge in [0.1, 0.15) is 6.61 Å². The smallest absolute Gasteiger partial charge is 0.264 e. The van der Waals surface area contributed by atoms with Gasteiger partial charge in [-0.2, -0.15) is 16.8 Å². The third-order valence-corrected chi connectivity index (χ3v) is 3.76. The average Bonchev–Trinajstić information content (AvgIpc) is 2.59. The summed E-state index contributed by atoms with van der Waals surface area (Å²) in [4.78, 5) is 4.64. The normalized spacial score (nSPS) is 12.8. The number of hydrogen-bond acceptors (Lipinski definition) is 8. The number of nitrogens with zero attached hydrogens (tertiary/aromatic N) is 1.